The molecule has 0 unspecified atom stereocenters. The van der Waals surface area contributed by atoms with Crippen LogP contribution < -0.4 is 10.2 Å². The Morgan fingerprint density at radius 3 is 2.27 bits per heavy atom. The molecule has 1 N–H and O–H groups in total. The van der Waals surface area contributed by atoms with Gasteiger partial charge in [0.05, 0.1) is 5.69 Å². The van der Waals surface area contributed by atoms with Gasteiger partial charge in [-0.1, -0.05) is 29.8 Å². The second kappa shape index (κ2) is 8.51. The molecule has 138 valence electrons. The van der Waals surface area contributed by atoms with E-state index >= 15 is 0 Å². The summed E-state index contributed by atoms with van der Waals surface area (Å²) in [5.74, 6) is -5.38. The molecule has 0 heterocycles. The number of hydrogen-bond donors (Lipinski definition) is 1. The minimum absolute atomic E-state index is 0.107. The first-order valence-corrected chi connectivity index (χ1v) is 8.03. The molecule has 0 aliphatic heterocycles. The first-order valence-electron chi connectivity index (χ1n) is 8.03. The molecule has 7 heteroatoms. The lowest BCUT2D eigenvalue weighted by Gasteiger charge is -2.21. The van der Waals surface area contributed by atoms with Gasteiger partial charge in [0.1, 0.15) is 0 Å². The van der Waals surface area contributed by atoms with E-state index in [1.54, 1.807) is 0 Å². The Labute approximate surface area is 149 Å². The fraction of sp³-hybridized carbons (Fsp3) is 0.263. The van der Waals surface area contributed by atoms with Gasteiger partial charge in [0, 0.05) is 26.4 Å². The lowest BCUT2D eigenvalue weighted by Crippen LogP contribution is -2.34. The number of aryl methyl sites for hydroxylation is 1. The van der Waals surface area contributed by atoms with Crippen LogP contribution in [0.15, 0.2) is 36.4 Å². The molecule has 26 heavy (non-hydrogen) atoms. The maximum absolute atomic E-state index is 13.9. The van der Waals surface area contributed by atoms with Crippen LogP contribution in [0.4, 0.5) is 18.9 Å². The Balaban J connectivity index is 1.98. The number of nitrogens with one attached hydrogen (secondary N) is 1. The summed E-state index contributed by atoms with van der Waals surface area (Å²) in [6.07, 6.45) is -0.107. The fourth-order valence-corrected chi connectivity index (χ4v) is 2.38. The molecule has 2 aromatic rings. The number of carbonyl (C=O) groups excluding carboxylic acids is 2. The van der Waals surface area contributed by atoms with Gasteiger partial charge < -0.3 is 10.2 Å². The van der Waals surface area contributed by atoms with E-state index in [1.165, 1.54) is 0 Å². The van der Waals surface area contributed by atoms with E-state index in [2.05, 4.69) is 5.32 Å². The van der Waals surface area contributed by atoms with Crippen molar-refractivity contribution in [3.05, 3.63) is 65.0 Å². The lowest BCUT2D eigenvalue weighted by molar-refractivity contribution is -0.121. The number of benzene rings is 2. The SMILES string of the molecule is CC(=O)N(CCC(=O)NCc1ccc(C)cc1)c1ccc(F)c(F)c1F. The van der Waals surface area contributed by atoms with Gasteiger partial charge in [-0.25, -0.2) is 13.2 Å². The molecular formula is C19H19F3N2O2. The van der Waals surface area contributed by atoms with Crippen molar-refractivity contribution in [3.8, 4) is 0 Å². The van der Waals surface area contributed by atoms with Crippen LogP contribution in [0.2, 0.25) is 0 Å². The highest BCUT2D eigenvalue weighted by molar-refractivity contribution is 5.92. The standard InChI is InChI=1S/C19H19F3N2O2/c1-12-3-5-14(6-4-12)11-23-17(26)9-10-24(13(2)25)16-8-7-15(20)18(21)19(16)22/h3-8H,9-11H2,1-2H3,(H,23,26). The van der Waals surface area contributed by atoms with Crippen LogP contribution in [0.5, 0.6) is 0 Å². The summed E-state index contributed by atoms with van der Waals surface area (Å²) < 4.78 is 40.3. The Kier molecular flexibility index (Phi) is 6.38. The Morgan fingerprint density at radius 1 is 1.00 bits per heavy atom. The second-order valence-electron chi connectivity index (χ2n) is 5.88. The van der Waals surface area contributed by atoms with Crippen LogP contribution >= 0.6 is 0 Å². The van der Waals surface area contributed by atoms with Crippen molar-refractivity contribution in [3.63, 3.8) is 0 Å². The van der Waals surface area contributed by atoms with E-state index in [9.17, 15) is 22.8 Å². The molecule has 2 aromatic carbocycles. The largest absolute Gasteiger partial charge is 0.352 e. The molecule has 0 aliphatic carbocycles. The number of anilines is 1. The molecule has 2 rings (SSSR count). The van der Waals surface area contributed by atoms with Gasteiger partial charge in [0.2, 0.25) is 11.8 Å². The van der Waals surface area contributed by atoms with Crippen molar-refractivity contribution in [1.29, 1.82) is 0 Å². The van der Waals surface area contributed by atoms with E-state index < -0.39 is 29.0 Å². The second-order valence-corrected chi connectivity index (χ2v) is 5.88. The summed E-state index contributed by atoms with van der Waals surface area (Å²) in [5, 5.41) is 2.69. The van der Waals surface area contributed by atoms with Crippen LogP contribution in [-0.4, -0.2) is 18.4 Å². The molecule has 0 aliphatic rings. The van der Waals surface area contributed by atoms with Crippen LogP contribution in [0.25, 0.3) is 0 Å². The number of amides is 2. The molecule has 0 saturated heterocycles. The first-order chi connectivity index (χ1) is 12.3. The van der Waals surface area contributed by atoms with Crippen molar-refractivity contribution in [2.45, 2.75) is 26.8 Å². The quantitative estimate of drug-likeness (QED) is 0.798. The molecule has 2 amide bonds. The van der Waals surface area contributed by atoms with E-state index in [-0.39, 0.29) is 18.9 Å². The normalized spacial score (nSPS) is 10.5. The molecule has 0 bridgehead atoms. The first kappa shape index (κ1) is 19.5. The maximum atomic E-state index is 13.9. The van der Waals surface area contributed by atoms with Gasteiger partial charge in [-0.05, 0) is 24.6 Å². The van der Waals surface area contributed by atoms with E-state index in [0.717, 1.165) is 35.1 Å². The zero-order chi connectivity index (χ0) is 19.3. The van der Waals surface area contributed by atoms with Gasteiger partial charge in [-0.3, -0.25) is 9.59 Å². The van der Waals surface area contributed by atoms with Crippen molar-refractivity contribution in [2.75, 3.05) is 11.4 Å². The molecule has 4 nitrogen and oxygen atoms in total. The zero-order valence-electron chi connectivity index (χ0n) is 14.5. The van der Waals surface area contributed by atoms with Gasteiger partial charge >= 0.3 is 0 Å². The Morgan fingerprint density at radius 2 is 1.65 bits per heavy atom. The van der Waals surface area contributed by atoms with Crippen molar-refractivity contribution in [1.82, 2.24) is 5.32 Å². The molecule has 0 atom stereocenters. The highest BCUT2D eigenvalue weighted by Gasteiger charge is 2.21. The van der Waals surface area contributed by atoms with Crippen molar-refractivity contribution < 1.29 is 22.8 Å². The zero-order valence-corrected chi connectivity index (χ0v) is 14.5. The summed E-state index contributed by atoms with van der Waals surface area (Å²) in [6.45, 7) is 3.27. The van der Waals surface area contributed by atoms with Crippen molar-refractivity contribution in [2.24, 2.45) is 0 Å². The van der Waals surface area contributed by atoms with Crippen LogP contribution in [0, 0.1) is 24.4 Å². The number of carbonyl (C=O) groups is 2. The van der Waals surface area contributed by atoms with E-state index in [1.807, 2.05) is 31.2 Å². The summed E-state index contributed by atoms with van der Waals surface area (Å²) in [7, 11) is 0. The monoisotopic (exact) mass is 364 g/mol. The van der Waals surface area contributed by atoms with Crippen molar-refractivity contribution >= 4 is 17.5 Å². The molecule has 0 saturated carbocycles. The van der Waals surface area contributed by atoms with Gasteiger partial charge in [-0.15, -0.1) is 0 Å². The summed E-state index contributed by atoms with van der Waals surface area (Å²) in [4.78, 5) is 24.6. The van der Waals surface area contributed by atoms with Crippen LogP contribution in [0.1, 0.15) is 24.5 Å². The topological polar surface area (TPSA) is 49.4 Å². The Bertz CT molecular complexity index is 807. The van der Waals surface area contributed by atoms with Gasteiger partial charge in [0.25, 0.3) is 0 Å². The summed E-state index contributed by atoms with van der Waals surface area (Å²) >= 11 is 0. The van der Waals surface area contributed by atoms with E-state index in [4.69, 9.17) is 0 Å². The maximum Gasteiger partial charge on any atom is 0.223 e. The number of rotatable bonds is 6. The highest BCUT2D eigenvalue weighted by atomic mass is 19.2. The van der Waals surface area contributed by atoms with Gasteiger partial charge in [0.15, 0.2) is 17.5 Å². The van der Waals surface area contributed by atoms with Crippen LogP contribution in [0.3, 0.4) is 0 Å². The average Bonchev–Trinajstić information content (AvgIpc) is 2.61. The number of halogens is 3. The molecular weight excluding hydrogens is 345 g/mol. The van der Waals surface area contributed by atoms with E-state index in [0.29, 0.717) is 6.54 Å². The third-order valence-corrected chi connectivity index (χ3v) is 3.86. The Hall–Kier alpha value is -2.83. The van der Waals surface area contributed by atoms with Crippen LogP contribution in [-0.2, 0) is 16.1 Å². The minimum Gasteiger partial charge on any atom is -0.352 e. The summed E-state index contributed by atoms with van der Waals surface area (Å²) in [6, 6.07) is 9.32. The third-order valence-electron chi connectivity index (χ3n) is 3.86. The highest BCUT2D eigenvalue weighted by Crippen LogP contribution is 2.24. The third kappa shape index (κ3) is 4.84. The van der Waals surface area contributed by atoms with Gasteiger partial charge in [-0.2, -0.15) is 0 Å². The lowest BCUT2D eigenvalue weighted by atomic mass is 10.1. The molecule has 0 aromatic heterocycles. The predicted octanol–water partition coefficient (Wildman–Crippen LogP) is 3.47. The minimum atomic E-state index is -1.66. The smallest absolute Gasteiger partial charge is 0.223 e. The summed E-state index contributed by atoms with van der Waals surface area (Å²) in [5.41, 5.74) is 1.62. The fourth-order valence-electron chi connectivity index (χ4n) is 2.38. The number of hydrogen-bond acceptors (Lipinski definition) is 2. The molecule has 0 spiro atoms. The molecule has 0 fully saturated rings. The molecule has 0 radical (unpaired) electrons. The number of nitrogens with zero attached hydrogens (tertiary/aromatic N) is 1. The average molecular weight is 364 g/mol. The predicted molar refractivity (Wildman–Crippen MR) is 92.0 cm³/mol.